The van der Waals surface area contributed by atoms with Gasteiger partial charge in [-0.1, -0.05) is 0 Å². The highest BCUT2D eigenvalue weighted by Crippen LogP contribution is 2.33. The van der Waals surface area contributed by atoms with Crippen molar-refractivity contribution in [2.75, 3.05) is 20.6 Å². The van der Waals surface area contributed by atoms with Crippen molar-refractivity contribution in [3.05, 3.63) is 26.6 Å². The van der Waals surface area contributed by atoms with E-state index in [2.05, 4.69) is 37.2 Å². The van der Waals surface area contributed by atoms with Gasteiger partial charge in [0.1, 0.15) is 5.75 Å². The van der Waals surface area contributed by atoms with E-state index in [-0.39, 0.29) is 11.7 Å². The summed E-state index contributed by atoms with van der Waals surface area (Å²) in [6, 6.07) is 3.63. The summed E-state index contributed by atoms with van der Waals surface area (Å²) in [5, 5.41) is 12.6. The number of aromatic hydroxyl groups is 1. The molecule has 1 aromatic carbocycles. The number of hydrogen-bond donors (Lipinski definition) is 2. The van der Waals surface area contributed by atoms with E-state index in [4.69, 9.17) is 0 Å². The Hall–Kier alpha value is -0.590. The van der Waals surface area contributed by atoms with Crippen molar-refractivity contribution in [3.63, 3.8) is 0 Å². The second-order valence-corrected chi connectivity index (χ2v) is 5.51. The number of halogens is 2. The average molecular weight is 366 g/mol. The number of nitrogens with one attached hydrogen (secondary N) is 1. The Morgan fingerprint density at radius 3 is 2.35 bits per heavy atom. The van der Waals surface area contributed by atoms with Crippen LogP contribution in [0.4, 0.5) is 0 Å². The molecule has 0 radical (unpaired) electrons. The number of nitrogens with zero attached hydrogens (tertiary/aromatic N) is 1. The van der Waals surface area contributed by atoms with Gasteiger partial charge in [0.2, 0.25) is 5.91 Å². The van der Waals surface area contributed by atoms with Crippen molar-refractivity contribution >= 4 is 37.8 Å². The summed E-state index contributed by atoms with van der Waals surface area (Å²) in [7, 11) is 3.44. The molecule has 0 atom stereocenters. The molecule has 0 aliphatic carbocycles. The molecule has 0 aliphatic rings. The van der Waals surface area contributed by atoms with Crippen LogP contribution in [0, 0.1) is 0 Å². The van der Waals surface area contributed by atoms with Gasteiger partial charge in [0, 0.05) is 20.6 Å². The molecular weight excluding hydrogens is 352 g/mol. The minimum atomic E-state index is 0.0295. The highest BCUT2D eigenvalue weighted by atomic mass is 79.9. The summed E-state index contributed by atoms with van der Waals surface area (Å²) >= 11 is 6.52. The zero-order valence-corrected chi connectivity index (χ0v) is 12.8. The number of amides is 1. The lowest BCUT2D eigenvalue weighted by molar-refractivity contribution is -0.127. The predicted octanol–water partition coefficient (Wildman–Crippen LogP) is 2.09. The van der Waals surface area contributed by atoms with E-state index in [1.54, 1.807) is 14.1 Å². The Bertz CT molecular complexity index is 399. The largest absolute Gasteiger partial charge is 0.506 e. The van der Waals surface area contributed by atoms with Crippen LogP contribution < -0.4 is 5.32 Å². The number of benzene rings is 1. The van der Waals surface area contributed by atoms with Crippen molar-refractivity contribution in [2.45, 2.75) is 6.54 Å². The van der Waals surface area contributed by atoms with Gasteiger partial charge in [-0.25, -0.2) is 0 Å². The summed E-state index contributed by atoms with van der Waals surface area (Å²) in [5.41, 5.74) is 0.980. The Morgan fingerprint density at radius 2 is 1.88 bits per heavy atom. The first kappa shape index (κ1) is 14.5. The van der Waals surface area contributed by atoms with Gasteiger partial charge in [-0.05, 0) is 49.6 Å². The van der Waals surface area contributed by atoms with Gasteiger partial charge in [-0.2, -0.15) is 0 Å². The Morgan fingerprint density at radius 1 is 1.35 bits per heavy atom. The molecule has 0 aromatic heterocycles. The van der Waals surface area contributed by atoms with Gasteiger partial charge in [0.15, 0.2) is 0 Å². The van der Waals surface area contributed by atoms with Crippen LogP contribution in [-0.4, -0.2) is 36.6 Å². The van der Waals surface area contributed by atoms with Gasteiger partial charge in [0.25, 0.3) is 0 Å². The van der Waals surface area contributed by atoms with Crippen LogP contribution in [0.25, 0.3) is 0 Å². The first-order valence-electron chi connectivity index (χ1n) is 4.99. The number of phenols is 1. The summed E-state index contributed by atoms with van der Waals surface area (Å²) in [5.74, 6) is 0.208. The Labute approximate surface area is 117 Å². The highest BCUT2D eigenvalue weighted by Gasteiger charge is 2.07. The number of rotatable bonds is 4. The van der Waals surface area contributed by atoms with Gasteiger partial charge >= 0.3 is 0 Å². The van der Waals surface area contributed by atoms with Crippen LogP contribution in [0.2, 0.25) is 0 Å². The molecule has 0 aliphatic heterocycles. The van der Waals surface area contributed by atoms with Crippen LogP contribution in [0.15, 0.2) is 21.1 Å². The number of carbonyl (C=O) groups is 1. The summed E-state index contributed by atoms with van der Waals surface area (Å²) in [4.78, 5) is 12.9. The zero-order valence-electron chi connectivity index (χ0n) is 9.63. The molecule has 0 unspecified atom stereocenters. The molecule has 0 spiro atoms. The van der Waals surface area contributed by atoms with E-state index < -0.39 is 0 Å². The van der Waals surface area contributed by atoms with Crippen LogP contribution in [0.3, 0.4) is 0 Å². The second-order valence-electron chi connectivity index (χ2n) is 3.80. The molecule has 0 fully saturated rings. The molecule has 0 heterocycles. The smallest absolute Gasteiger partial charge is 0.236 e. The maximum absolute atomic E-state index is 11.3. The molecule has 94 valence electrons. The number of hydrogen-bond acceptors (Lipinski definition) is 3. The number of phenolic OH excluding ortho intramolecular Hbond substituents is 1. The lowest BCUT2D eigenvalue weighted by Gasteiger charge is -2.11. The Kier molecular flexibility index (Phi) is 5.42. The van der Waals surface area contributed by atoms with Gasteiger partial charge in [-0.3, -0.25) is 4.79 Å². The summed E-state index contributed by atoms with van der Waals surface area (Å²) < 4.78 is 1.25. The van der Waals surface area contributed by atoms with Crippen LogP contribution in [0.5, 0.6) is 5.75 Å². The monoisotopic (exact) mass is 364 g/mol. The number of carbonyl (C=O) groups excluding carboxylic acids is 1. The minimum absolute atomic E-state index is 0.0295. The molecule has 1 amide bonds. The standard InChI is InChI=1S/C11H14Br2N2O2/c1-15(2)10(16)6-14-5-7-3-8(12)11(17)9(13)4-7/h3-4,14,17H,5-6H2,1-2H3. The lowest BCUT2D eigenvalue weighted by atomic mass is 10.2. The van der Waals surface area contributed by atoms with Crippen LogP contribution >= 0.6 is 31.9 Å². The maximum Gasteiger partial charge on any atom is 0.236 e. The van der Waals surface area contributed by atoms with Crippen LogP contribution in [-0.2, 0) is 11.3 Å². The lowest BCUT2D eigenvalue weighted by Crippen LogP contribution is -2.32. The summed E-state index contributed by atoms with van der Waals surface area (Å²) in [6.45, 7) is 0.861. The van der Waals surface area contributed by atoms with E-state index in [1.165, 1.54) is 4.90 Å². The van der Waals surface area contributed by atoms with E-state index in [0.29, 0.717) is 22.0 Å². The topological polar surface area (TPSA) is 52.6 Å². The fourth-order valence-electron chi connectivity index (χ4n) is 1.19. The van der Waals surface area contributed by atoms with Crippen molar-refractivity contribution in [1.82, 2.24) is 10.2 Å². The maximum atomic E-state index is 11.3. The molecule has 0 bridgehead atoms. The molecule has 2 N–H and O–H groups in total. The minimum Gasteiger partial charge on any atom is -0.506 e. The zero-order chi connectivity index (χ0) is 13.0. The molecule has 0 saturated heterocycles. The SMILES string of the molecule is CN(C)C(=O)CNCc1cc(Br)c(O)c(Br)c1. The second kappa shape index (κ2) is 6.37. The van der Waals surface area contributed by atoms with E-state index in [9.17, 15) is 9.90 Å². The van der Waals surface area contributed by atoms with Crippen molar-refractivity contribution in [1.29, 1.82) is 0 Å². The Balaban J connectivity index is 2.56. The van der Waals surface area contributed by atoms with Gasteiger partial charge in [-0.15, -0.1) is 0 Å². The van der Waals surface area contributed by atoms with Crippen molar-refractivity contribution in [3.8, 4) is 5.75 Å². The molecule has 1 aromatic rings. The average Bonchev–Trinajstić information content (AvgIpc) is 2.25. The van der Waals surface area contributed by atoms with Crippen molar-refractivity contribution < 1.29 is 9.90 Å². The third-order valence-electron chi connectivity index (χ3n) is 2.18. The number of likely N-dealkylation sites (N-methyl/N-ethyl adjacent to an activating group) is 1. The van der Waals surface area contributed by atoms with E-state index in [1.807, 2.05) is 12.1 Å². The quantitative estimate of drug-likeness (QED) is 0.859. The van der Waals surface area contributed by atoms with Gasteiger partial charge in [0.05, 0.1) is 15.5 Å². The molecular formula is C11H14Br2N2O2. The normalized spacial score (nSPS) is 10.4. The first-order valence-corrected chi connectivity index (χ1v) is 6.58. The highest BCUT2D eigenvalue weighted by molar-refractivity contribution is 9.11. The van der Waals surface area contributed by atoms with Crippen LogP contribution in [0.1, 0.15) is 5.56 Å². The van der Waals surface area contributed by atoms with E-state index >= 15 is 0 Å². The van der Waals surface area contributed by atoms with Crippen molar-refractivity contribution in [2.24, 2.45) is 0 Å². The third-order valence-corrected chi connectivity index (χ3v) is 3.39. The molecule has 4 nitrogen and oxygen atoms in total. The fourth-order valence-corrected chi connectivity index (χ4v) is 2.47. The predicted molar refractivity (Wildman–Crippen MR) is 73.9 cm³/mol. The molecule has 1 rings (SSSR count). The molecule has 6 heteroatoms. The third kappa shape index (κ3) is 4.29. The summed E-state index contributed by atoms with van der Waals surface area (Å²) in [6.07, 6.45) is 0. The van der Waals surface area contributed by atoms with Gasteiger partial charge < -0.3 is 15.3 Å². The first-order chi connectivity index (χ1) is 7.91. The molecule has 17 heavy (non-hydrogen) atoms. The van der Waals surface area contributed by atoms with E-state index in [0.717, 1.165) is 5.56 Å². The molecule has 0 saturated carbocycles. The fraction of sp³-hybridized carbons (Fsp3) is 0.364.